The summed E-state index contributed by atoms with van der Waals surface area (Å²) >= 11 is 5.71. The average Bonchev–Trinajstić information content (AvgIpc) is 2.20. The monoisotopic (exact) mass is 212 g/mol. The number of nitrogens with one attached hydrogen (secondary N) is 1. The number of urea groups is 1. The highest BCUT2D eigenvalue weighted by Gasteiger charge is 2.05. The number of hydrogen-bond donors (Lipinski definition) is 1. The van der Waals surface area contributed by atoms with Crippen LogP contribution in [-0.4, -0.2) is 24.5 Å². The van der Waals surface area contributed by atoms with Crippen LogP contribution in [0.25, 0.3) is 0 Å². The van der Waals surface area contributed by atoms with Crippen molar-refractivity contribution in [3.05, 3.63) is 29.3 Å². The Kier molecular flexibility index (Phi) is 3.77. The summed E-state index contributed by atoms with van der Waals surface area (Å²) in [6.07, 6.45) is 0. The third kappa shape index (κ3) is 2.92. The predicted molar refractivity (Wildman–Crippen MR) is 58.8 cm³/mol. The second kappa shape index (κ2) is 4.86. The van der Waals surface area contributed by atoms with E-state index < -0.39 is 0 Å². The summed E-state index contributed by atoms with van der Waals surface area (Å²) in [4.78, 5) is 13.0. The van der Waals surface area contributed by atoms with Gasteiger partial charge in [0, 0.05) is 24.3 Å². The van der Waals surface area contributed by atoms with Crippen LogP contribution >= 0.6 is 11.6 Å². The Morgan fingerprint density at radius 2 is 2.00 bits per heavy atom. The summed E-state index contributed by atoms with van der Waals surface area (Å²) in [5.41, 5.74) is 0.750. The van der Waals surface area contributed by atoms with Crippen molar-refractivity contribution in [1.29, 1.82) is 0 Å². The number of anilines is 1. The normalized spacial score (nSPS) is 9.64. The van der Waals surface area contributed by atoms with Gasteiger partial charge in [-0.25, -0.2) is 4.79 Å². The second-order valence-corrected chi connectivity index (χ2v) is 3.39. The maximum absolute atomic E-state index is 11.4. The van der Waals surface area contributed by atoms with Gasteiger partial charge in [-0.15, -0.1) is 0 Å². The van der Waals surface area contributed by atoms with Gasteiger partial charge in [-0.3, -0.25) is 0 Å². The number of carbonyl (C=O) groups is 1. The van der Waals surface area contributed by atoms with E-state index in [1.807, 2.05) is 6.92 Å². The number of carbonyl (C=O) groups excluding carboxylic acids is 1. The average molecular weight is 213 g/mol. The molecular formula is C10H13ClN2O. The molecule has 1 N–H and O–H groups in total. The van der Waals surface area contributed by atoms with Gasteiger partial charge in [-0.1, -0.05) is 11.6 Å². The largest absolute Gasteiger partial charge is 0.328 e. The molecule has 0 heterocycles. The number of halogens is 1. The zero-order valence-corrected chi connectivity index (χ0v) is 9.01. The fraction of sp³-hybridized carbons (Fsp3) is 0.300. The first kappa shape index (κ1) is 10.9. The Morgan fingerprint density at radius 3 is 2.50 bits per heavy atom. The third-order valence-corrected chi connectivity index (χ3v) is 2.17. The first-order valence-electron chi connectivity index (χ1n) is 4.41. The minimum Gasteiger partial charge on any atom is -0.328 e. The van der Waals surface area contributed by atoms with Crippen molar-refractivity contribution in [3.8, 4) is 0 Å². The van der Waals surface area contributed by atoms with Crippen molar-refractivity contribution in [1.82, 2.24) is 4.90 Å². The first-order chi connectivity index (χ1) is 6.63. The van der Waals surface area contributed by atoms with Crippen LogP contribution in [0.5, 0.6) is 0 Å². The van der Waals surface area contributed by atoms with Crippen LogP contribution in [0.3, 0.4) is 0 Å². The van der Waals surface area contributed by atoms with Crippen LogP contribution < -0.4 is 5.32 Å². The minimum atomic E-state index is -0.116. The summed E-state index contributed by atoms with van der Waals surface area (Å²) in [5, 5.41) is 3.41. The van der Waals surface area contributed by atoms with Gasteiger partial charge in [-0.2, -0.15) is 0 Å². The minimum absolute atomic E-state index is 0.116. The molecule has 0 bridgehead atoms. The molecule has 0 fully saturated rings. The van der Waals surface area contributed by atoms with Crippen molar-refractivity contribution >= 4 is 23.3 Å². The molecule has 0 unspecified atom stereocenters. The molecule has 1 aromatic carbocycles. The zero-order valence-electron chi connectivity index (χ0n) is 8.25. The molecule has 0 aliphatic rings. The number of rotatable bonds is 2. The summed E-state index contributed by atoms with van der Waals surface area (Å²) in [6.45, 7) is 2.60. The Bertz CT molecular complexity index is 310. The number of amides is 2. The first-order valence-corrected chi connectivity index (χ1v) is 4.79. The summed E-state index contributed by atoms with van der Waals surface area (Å²) in [6, 6.07) is 6.90. The van der Waals surface area contributed by atoms with Gasteiger partial charge in [0.2, 0.25) is 0 Å². The van der Waals surface area contributed by atoms with Crippen LogP contribution in [0.2, 0.25) is 5.02 Å². The molecule has 0 saturated heterocycles. The van der Waals surface area contributed by atoms with Crippen molar-refractivity contribution in [3.63, 3.8) is 0 Å². The molecule has 0 aliphatic heterocycles. The van der Waals surface area contributed by atoms with Gasteiger partial charge in [0.25, 0.3) is 0 Å². The lowest BCUT2D eigenvalue weighted by atomic mass is 10.3. The summed E-state index contributed by atoms with van der Waals surface area (Å²) in [5.74, 6) is 0. The fourth-order valence-electron chi connectivity index (χ4n) is 0.896. The molecule has 0 aliphatic carbocycles. The van der Waals surface area contributed by atoms with E-state index in [4.69, 9.17) is 11.6 Å². The van der Waals surface area contributed by atoms with E-state index in [9.17, 15) is 4.79 Å². The van der Waals surface area contributed by atoms with E-state index in [0.29, 0.717) is 11.6 Å². The molecule has 0 radical (unpaired) electrons. The van der Waals surface area contributed by atoms with Gasteiger partial charge >= 0.3 is 6.03 Å². The highest BCUT2D eigenvalue weighted by molar-refractivity contribution is 6.30. The van der Waals surface area contributed by atoms with E-state index in [0.717, 1.165) is 5.69 Å². The standard InChI is InChI=1S/C10H13ClN2O/c1-3-13(2)10(14)12-9-6-4-8(11)5-7-9/h4-7H,3H2,1-2H3,(H,12,14). The molecule has 2 amide bonds. The lowest BCUT2D eigenvalue weighted by Gasteiger charge is -2.15. The molecular weight excluding hydrogens is 200 g/mol. The molecule has 1 rings (SSSR count). The van der Waals surface area contributed by atoms with Crippen LogP contribution in [0.1, 0.15) is 6.92 Å². The number of nitrogens with zero attached hydrogens (tertiary/aromatic N) is 1. The maximum atomic E-state index is 11.4. The molecule has 0 spiro atoms. The van der Waals surface area contributed by atoms with E-state index in [1.54, 1.807) is 36.2 Å². The third-order valence-electron chi connectivity index (χ3n) is 1.92. The molecule has 3 nitrogen and oxygen atoms in total. The Morgan fingerprint density at radius 1 is 1.43 bits per heavy atom. The second-order valence-electron chi connectivity index (χ2n) is 2.95. The van der Waals surface area contributed by atoms with Gasteiger partial charge in [0.15, 0.2) is 0 Å². The van der Waals surface area contributed by atoms with Crippen molar-refractivity contribution in [2.45, 2.75) is 6.92 Å². The fourth-order valence-corrected chi connectivity index (χ4v) is 1.02. The highest BCUT2D eigenvalue weighted by Crippen LogP contribution is 2.13. The molecule has 0 saturated carbocycles. The summed E-state index contributed by atoms with van der Waals surface area (Å²) < 4.78 is 0. The van der Waals surface area contributed by atoms with Crippen LogP contribution in [0.4, 0.5) is 10.5 Å². The Balaban J connectivity index is 2.60. The smallest absolute Gasteiger partial charge is 0.321 e. The van der Waals surface area contributed by atoms with E-state index in [2.05, 4.69) is 5.32 Å². The van der Waals surface area contributed by atoms with Gasteiger partial charge in [-0.05, 0) is 31.2 Å². The quantitative estimate of drug-likeness (QED) is 0.804. The van der Waals surface area contributed by atoms with Crippen LogP contribution in [-0.2, 0) is 0 Å². The van der Waals surface area contributed by atoms with Crippen molar-refractivity contribution in [2.24, 2.45) is 0 Å². The van der Waals surface area contributed by atoms with Gasteiger partial charge in [0.1, 0.15) is 0 Å². The lowest BCUT2D eigenvalue weighted by Crippen LogP contribution is -2.30. The SMILES string of the molecule is CCN(C)C(=O)Nc1ccc(Cl)cc1. The Labute approximate surface area is 88.7 Å². The van der Waals surface area contributed by atoms with E-state index >= 15 is 0 Å². The molecule has 14 heavy (non-hydrogen) atoms. The molecule has 4 heteroatoms. The molecule has 0 atom stereocenters. The summed E-state index contributed by atoms with van der Waals surface area (Å²) in [7, 11) is 1.74. The van der Waals surface area contributed by atoms with E-state index in [1.165, 1.54) is 0 Å². The van der Waals surface area contributed by atoms with Crippen LogP contribution in [0.15, 0.2) is 24.3 Å². The van der Waals surface area contributed by atoms with Crippen LogP contribution in [0, 0.1) is 0 Å². The maximum Gasteiger partial charge on any atom is 0.321 e. The number of benzene rings is 1. The number of hydrogen-bond acceptors (Lipinski definition) is 1. The lowest BCUT2D eigenvalue weighted by molar-refractivity contribution is 0.224. The highest BCUT2D eigenvalue weighted by atomic mass is 35.5. The molecule has 76 valence electrons. The van der Waals surface area contributed by atoms with Crippen molar-refractivity contribution < 1.29 is 4.79 Å². The van der Waals surface area contributed by atoms with Gasteiger partial charge in [0.05, 0.1) is 0 Å². The predicted octanol–water partition coefficient (Wildman–Crippen LogP) is 2.82. The molecule has 0 aromatic heterocycles. The van der Waals surface area contributed by atoms with E-state index in [-0.39, 0.29) is 6.03 Å². The topological polar surface area (TPSA) is 32.3 Å². The van der Waals surface area contributed by atoms with Crippen molar-refractivity contribution in [2.75, 3.05) is 18.9 Å². The molecule has 1 aromatic rings. The Hall–Kier alpha value is -1.22. The zero-order chi connectivity index (χ0) is 10.6. The van der Waals surface area contributed by atoms with Gasteiger partial charge < -0.3 is 10.2 Å².